The number of ether oxygens (including phenoxy) is 1. The minimum Gasteiger partial charge on any atom is -0.494 e. The van der Waals surface area contributed by atoms with Crippen LogP contribution in [-0.2, 0) is 0 Å². The van der Waals surface area contributed by atoms with E-state index < -0.39 is 11.6 Å². The van der Waals surface area contributed by atoms with Gasteiger partial charge in [-0.25, -0.2) is 8.78 Å². The van der Waals surface area contributed by atoms with Crippen molar-refractivity contribution in [1.82, 2.24) is 0 Å². The summed E-state index contributed by atoms with van der Waals surface area (Å²) >= 11 is 0. The minimum absolute atomic E-state index is 0.180. The number of nitrogens with one attached hydrogen (secondary N) is 1. The summed E-state index contributed by atoms with van der Waals surface area (Å²) in [6, 6.07) is 12.8. The lowest BCUT2D eigenvalue weighted by Crippen LogP contribution is -2.08. The van der Waals surface area contributed by atoms with Gasteiger partial charge in [0.2, 0.25) is 0 Å². The number of hydrogen-bond acceptors (Lipinski definition) is 2. The summed E-state index contributed by atoms with van der Waals surface area (Å²) in [7, 11) is 0. The average Bonchev–Trinajstić information content (AvgIpc) is 2.43. The monoisotopic (exact) mass is 263 g/mol. The van der Waals surface area contributed by atoms with Crippen molar-refractivity contribution in [3.05, 3.63) is 60.2 Å². The van der Waals surface area contributed by atoms with Crippen molar-refractivity contribution in [1.29, 1.82) is 0 Å². The van der Waals surface area contributed by atoms with Crippen LogP contribution in [0.15, 0.2) is 48.5 Å². The molecule has 0 atom stereocenters. The normalized spacial score (nSPS) is 10.2. The fourth-order valence-corrected chi connectivity index (χ4v) is 1.63. The maximum absolute atomic E-state index is 13.3. The van der Waals surface area contributed by atoms with Gasteiger partial charge in [0.05, 0.1) is 12.3 Å². The van der Waals surface area contributed by atoms with E-state index in [1.807, 2.05) is 30.3 Å². The second-order valence-corrected chi connectivity index (χ2v) is 4.07. The Labute approximate surface area is 111 Å². The second-order valence-electron chi connectivity index (χ2n) is 4.07. The molecule has 0 spiro atoms. The molecule has 0 radical (unpaired) electrons. The zero-order valence-electron chi connectivity index (χ0n) is 10.4. The summed E-state index contributed by atoms with van der Waals surface area (Å²) in [6.07, 6.45) is 0.699. The van der Waals surface area contributed by atoms with E-state index in [1.165, 1.54) is 0 Å². The van der Waals surface area contributed by atoms with Gasteiger partial charge in [-0.3, -0.25) is 0 Å². The summed E-state index contributed by atoms with van der Waals surface area (Å²) < 4.78 is 31.7. The molecule has 2 rings (SSSR count). The number of anilines is 1. The molecule has 19 heavy (non-hydrogen) atoms. The first-order valence-electron chi connectivity index (χ1n) is 6.12. The molecular weight excluding hydrogens is 248 g/mol. The van der Waals surface area contributed by atoms with Crippen molar-refractivity contribution in [2.24, 2.45) is 0 Å². The van der Waals surface area contributed by atoms with E-state index in [0.717, 1.165) is 23.9 Å². The predicted octanol–water partition coefficient (Wildman–Crippen LogP) is 3.85. The quantitative estimate of drug-likeness (QED) is 0.799. The Kier molecular flexibility index (Phi) is 4.72. The van der Waals surface area contributed by atoms with Gasteiger partial charge >= 0.3 is 0 Å². The van der Waals surface area contributed by atoms with Crippen molar-refractivity contribution in [2.75, 3.05) is 18.5 Å². The first kappa shape index (κ1) is 13.3. The third-order valence-electron chi connectivity index (χ3n) is 2.58. The molecule has 0 amide bonds. The Morgan fingerprint density at radius 1 is 1.00 bits per heavy atom. The zero-order valence-corrected chi connectivity index (χ0v) is 10.4. The van der Waals surface area contributed by atoms with Gasteiger partial charge in [0.15, 0.2) is 0 Å². The smallest absolute Gasteiger partial charge is 0.146 e. The maximum atomic E-state index is 13.3. The molecule has 0 aromatic heterocycles. The topological polar surface area (TPSA) is 21.3 Å². The van der Waals surface area contributed by atoms with Crippen molar-refractivity contribution in [3.63, 3.8) is 0 Å². The number of rotatable bonds is 6. The van der Waals surface area contributed by atoms with Gasteiger partial charge < -0.3 is 10.1 Å². The van der Waals surface area contributed by atoms with E-state index >= 15 is 0 Å². The van der Waals surface area contributed by atoms with Crippen molar-refractivity contribution < 1.29 is 13.5 Å². The lowest BCUT2D eigenvalue weighted by molar-refractivity contribution is 0.315. The van der Waals surface area contributed by atoms with Crippen LogP contribution in [0.1, 0.15) is 6.42 Å². The summed E-state index contributed by atoms with van der Waals surface area (Å²) in [4.78, 5) is 0. The third kappa shape index (κ3) is 4.25. The molecule has 0 fully saturated rings. The van der Waals surface area contributed by atoms with Crippen molar-refractivity contribution >= 4 is 5.69 Å². The molecular formula is C15H15F2NO. The highest BCUT2D eigenvalue weighted by atomic mass is 19.1. The molecule has 0 aliphatic rings. The van der Waals surface area contributed by atoms with Crippen molar-refractivity contribution in [2.45, 2.75) is 6.42 Å². The van der Waals surface area contributed by atoms with E-state index in [0.29, 0.717) is 19.6 Å². The maximum Gasteiger partial charge on any atom is 0.146 e. The Bertz CT molecular complexity index is 517. The van der Waals surface area contributed by atoms with Crippen LogP contribution in [0.2, 0.25) is 0 Å². The fourth-order valence-electron chi connectivity index (χ4n) is 1.63. The van der Waals surface area contributed by atoms with Gasteiger partial charge in [-0.15, -0.1) is 0 Å². The van der Waals surface area contributed by atoms with Crippen molar-refractivity contribution in [3.8, 4) is 5.75 Å². The van der Waals surface area contributed by atoms with Gasteiger partial charge in [-0.05, 0) is 36.8 Å². The standard InChI is InChI=1S/C15H15F2NO/c16-12-7-8-14(17)15(11-12)18-9-4-10-19-13-5-2-1-3-6-13/h1-3,5-8,11,18H,4,9-10H2. The third-order valence-corrected chi connectivity index (χ3v) is 2.58. The molecule has 100 valence electrons. The van der Waals surface area contributed by atoms with E-state index in [9.17, 15) is 8.78 Å². The summed E-state index contributed by atoms with van der Waals surface area (Å²) in [5.41, 5.74) is 0.180. The predicted molar refractivity (Wildman–Crippen MR) is 71.4 cm³/mol. The Balaban J connectivity index is 1.71. The zero-order chi connectivity index (χ0) is 13.5. The Hall–Kier alpha value is -2.10. The van der Waals surface area contributed by atoms with Gasteiger partial charge in [0.1, 0.15) is 17.4 Å². The number of halogens is 2. The van der Waals surface area contributed by atoms with E-state index in [1.54, 1.807) is 0 Å². The van der Waals surface area contributed by atoms with E-state index in [4.69, 9.17) is 4.74 Å². The summed E-state index contributed by atoms with van der Waals surface area (Å²) in [5.74, 6) is -0.103. The van der Waals surface area contributed by atoms with Crippen LogP contribution in [0.4, 0.5) is 14.5 Å². The molecule has 0 aliphatic carbocycles. The second kappa shape index (κ2) is 6.73. The van der Waals surface area contributed by atoms with Crippen LogP contribution >= 0.6 is 0 Å². The molecule has 4 heteroatoms. The molecule has 0 saturated heterocycles. The highest BCUT2D eigenvalue weighted by Crippen LogP contribution is 2.15. The first-order chi connectivity index (χ1) is 9.25. The fraction of sp³-hybridized carbons (Fsp3) is 0.200. The highest BCUT2D eigenvalue weighted by molar-refractivity contribution is 5.44. The van der Waals surface area contributed by atoms with Crippen LogP contribution in [0, 0.1) is 11.6 Å². The van der Waals surface area contributed by atoms with Crippen LogP contribution < -0.4 is 10.1 Å². The number of benzene rings is 2. The first-order valence-corrected chi connectivity index (χ1v) is 6.12. The molecule has 2 aromatic carbocycles. The Morgan fingerprint density at radius 2 is 1.79 bits per heavy atom. The summed E-state index contributed by atoms with van der Waals surface area (Å²) in [5, 5.41) is 2.85. The number of para-hydroxylation sites is 1. The molecule has 2 aromatic rings. The van der Waals surface area contributed by atoms with Crippen LogP contribution in [0.3, 0.4) is 0 Å². The molecule has 0 unspecified atom stereocenters. The number of hydrogen-bond donors (Lipinski definition) is 1. The lowest BCUT2D eigenvalue weighted by atomic mass is 10.3. The van der Waals surface area contributed by atoms with Crippen LogP contribution in [0.25, 0.3) is 0 Å². The van der Waals surface area contributed by atoms with Crippen LogP contribution in [-0.4, -0.2) is 13.2 Å². The van der Waals surface area contributed by atoms with Gasteiger partial charge in [-0.2, -0.15) is 0 Å². The van der Waals surface area contributed by atoms with Gasteiger partial charge in [0.25, 0.3) is 0 Å². The molecule has 0 aliphatic heterocycles. The van der Waals surface area contributed by atoms with E-state index in [-0.39, 0.29) is 5.69 Å². The molecule has 1 N–H and O–H groups in total. The molecule has 2 nitrogen and oxygen atoms in total. The van der Waals surface area contributed by atoms with Gasteiger partial charge in [-0.1, -0.05) is 18.2 Å². The Morgan fingerprint density at radius 3 is 2.58 bits per heavy atom. The lowest BCUT2D eigenvalue weighted by Gasteiger charge is -2.09. The largest absolute Gasteiger partial charge is 0.494 e. The van der Waals surface area contributed by atoms with E-state index in [2.05, 4.69) is 5.32 Å². The SMILES string of the molecule is Fc1ccc(F)c(NCCCOc2ccccc2)c1. The van der Waals surface area contributed by atoms with Crippen LogP contribution in [0.5, 0.6) is 5.75 Å². The molecule has 0 bridgehead atoms. The van der Waals surface area contributed by atoms with Gasteiger partial charge in [0, 0.05) is 6.54 Å². The highest BCUT2D eigenvalue weighted by Gasteiger charge is 2.02. The summed E-state index contributed by atoms with van der Waals surface area (Å²) in [6.45, 7) is 1.04. The molecule has 0 saturated carbocycles. The molecule has 0 heterocycles. The minimum atomic E-state index is -0.454. The average molecular weight is 263 g/mol.